The molecule has 0 bridgehead atoms. The van der Waals surface area contributed by atoms with E-state index in [9.17, 15) is 14.9 Å². The summed E-state index contributed by atoms with van der Waals surface area (Å²) in [6.45, 7) is 14.3. The summed E-state index contributed by atoms with van der Waals surface area (Å²) in [5.74, 6) is 5.28. The Labute approximate surface area is 207 Å². The Hall–Kier alpha value is -3.90. The summed E-state index contributed by atoms with van der Waals surface area (Å²) in [6.07, 6.45) is 2.72. The Kier molecular flexibility index (Phi) is 8.26. The lowest BCUT2D eigenvalue weighted by Gasteiger charge is -2.21. The Morgan fingerprint density at radius 3 is 2.37 bits per heavy atom. The zero-order valence-corrected chi connectivity index (χ0v) is 21.5. The summed E-state index contributed by atoms with van der Waals surface area (Å²) in [5.41, 5.74) is 8.63. The van der Waals surface area contributed by atoms with E-state index in [0.29, 0.717) is 29.2 Å². The molecule has 9 nitrogen and oxygen atoms in total. The van der Waals surface area contributed by atoms with Crippen LogP contribution >= 0.6 is 0 Å². The number of nitrogens with zero attached hydrogens (tertiary/aromatic N) is 3. The van der Waals surface area contributed by atoms with E-state index in [1.54, 1.807) is 19.1 Å². The number of rotatable bonds is 6. The second-order valence-corrected chi connectivity index (χ2v) is 10.7. The Bertz CT molecular complexity index is 1180. The first kappa shape index (κ1) is 27.3. The summed E-state index contributed by atoms with van der Waals surface area (Å²) in [5, 5.41) is 16.1. The molecule has 0 saturated carbocycles. The summed E-state index contributed by atoms with van der Waals surface area (Å²) in [4.78, 5) is 29.5. The van der Waals surface area contributed by atoms with Crippen molar-refractivity contribution < 1.29 is 9.59 Å². The lowest BCUT2D eigenvalue weighted by atomic mass is 9.86. The monoisotopic (exact) mass is 477 g/mol. The van der Waals surface area contributed by atoms with Gasteiger partial charge in [-0.2, -0.15) is 5.26 Å². The van der Waals surface area contributed by atoms with Gasteiger partial charge in [0, 0.05) is 18.4 Å². The van der Waals surface area contributed by atoms with Gasteiger partial charge in [0.1, 0.15) is 5.70 Å². The van der Waals surface area contributed by atoms with Crippen molar-refractivity contribution in [3.05, 3.63) is 64.7 Å². The number of nitriles is 1. The maximum atomic E-state index is 13.0. The molecule has 1 heterocycles. The molecular formula is C26H35N7O2. The predicted molar refractivity (Wildman–Crippen MR) is 138 cm³/mol. The molecule has 9 heteroatoms. The van der Waals surface area contributed by atoms with Gasteiger partial charge in [0.25, 0.3) is 11.8 Å². The minimum Gasteiger partial charge on any atom is -0.393 e. The second kappa shape index (κ2) is 10.6. The number of nitrogens with two attached hydrogens (primary N) is 2. The first-order valence-corrected chi connectivity index (χ1v) is 11.2. The van der Waals surface area contributed by atoms with E-state index in [0.717, 1.165) is 5.56 Å². The summed E-state index contributed by atoms with van der Waals surface area (Å²) >= 11 is 0. The highest BCUT2D eigenvalue weighted by Gasteiger charge is 2.18. The van der Waals surface area contributed by atoms with Gasteiger partial charge in [-0.3, -0.25) is 19.6 Å². The third-order valence-electron chi connectivity index (χ3n) is 5.11. The smallest absolute Gasteiger partial charge is 0.268 e. The minimum atomic E-state index is -0.443. The standard InChI is InChI=1S/C26H35N7O2/c1-16-22(33(29)14-21(28)24(35)31-15-25(2,3)4)10-18(13-30-16)23(34)32-20-9-17(12-27)8-19(11-20)26(5,6)7/h8-11,13-14H,15,28-29H2,1-7H3,(H,31,35)(H,32,34)/b21-14-. The highest BCUT2D eigenvalue weighted by atomic mass is 16.2. The number of aryl methyl sites for hydroxylation is 1. The van der Waals surface area contributed by atoms with Crippen molar-refractivity contribution in [3.8, 4) is 6.07 Å². The van der Waals surface area contributed by atoms with Gasteiger partial charge in [-0.05, 0) is 47.6 Å². The molecule has 186 valence electrons. The Morgan fingerprint density at radius 1 is 1.14 bits per heavy atom. The SMILES string of the molecule is Cc1ncc(C(=O)Nc2cc(C#N)cc(C(C)(C)C)c2)cc1N(N)/C=C(\N)C(=O)NCC(C)(C)C. The van der Waals surface area contributed by atoms with Crippen LogP contribution in [0.25, 0.3) is 0 Å². The average molecular weight is 478 g/mol. The number of amides is 2. The van der Waals surface area contributed by atoms with Gasteiger partial charge in [-0.15, -0.1) is 0 Å². The zero-order valence-electron chi connectivity index (χ0n) is 21.5. The van der Waals surface area contributed by atoms with Crippen LogP contribution in [0.4, 0.5) is 11.4 Å². The molecule has 0 fully saturated rings. The molecule has 2 amide bonds. The molecule has 1 aromatic heterocycles. The van der Waals surface area contributed by atoms with Crippen LogP contribution in [0.15, 0.2) is 42.4 Å². The highest BCUT2D eigenvalue weighted by molar-refractivity contribution is 6.04. The number of aromatic nitrogens is 1. The molecule has 0 atom stereocenters. The van der Waals surface area contributed by atoms with E-state index in [4.69, 9.17) is 11.6 Å². The number of pyridine rings is 1. The zero-order chi connectivity index (χ0) is 26.6. The van der Waals surface area contributed by atoms with Gasteiger partial charge in [0.2, 0.25) is 0 Å². The number of hydrazine groups is 1. The van der Waals surface area contributed by atoms with Crippen LogP contribution < -0.4 is 27.2 Å². The van der Waals surface area contributed by atoms with Crippen LogP contribution in [0, 0.1) is 23.7 Å². The van der Waals surface area contributed by atoms with E-state index in [2.05, 4.69) is 21.7 Å². The second-order valence-electron chi connectivity index (χ2n) is 10.7. The van der Waals surface area contributed by atoms with Crippen molar-refractivity contribution in [2.75, 3.05) is 16.9 Å². The van der Waals surface area contributed by atoms with Crippen molar-refractivity contribution in [1.29, 1.82) is 5.26 Å². The van der Waals surface area contributed by atoms with Gasteiger partial charge in [-0.1, -0.05) is 41.5 Å². The van der Waals surface area contributed by atoms with Gasteiger partial charge >= 0.3 is 0 Å². The van der Waals surface area contributed by atoms with Crippen molar-refractivity contribution in [1.82, 2.24) is 10.3 Å². The normalized spacial score (nSPS) is 12.0. The molecule has 0 saturated heterocycles. The van der Waals surface area contributed by atoms with Crippen LogP contribution in [0.5, 0.6) is 0 Å². The minimum absolute atomic E-state index is 0.0750. The maximum Gasteiger partial charge on any atom is 0.268 e. The van der Waals surface area contributed by atoms with Gasteiger partial charge in [0.15, 0.2) is 0 Å². The number of hydrogen-bond donors (Lipinski definition) is 4. The average Bonchev–Trinajstić information content (AvgIpc) is 2.76. The predicted octanol–water partition coefficient (Wildman–Crippen LogP) is 3.45. The third kappa shape index (κ3) is 7.83. The Balaban J connectivity index is 2.27. The summed E-state index contributed by atoms with van der Waals surface area (Å²) in [6, 6.07) is 8.96. The number of nitrogens with one attached hydrogen (secondary N) is 2. The van der Waals surface area contributed by atoms with Crippen LogP contribution in [-0.2, 0) is 10.2 Å². The quantitative estimate of drug-likeness (QED) is 0.283. The van der Waals surface area contributed by atoms with Crippen LogP contribution in [-0.4, -0.2) is 23.3 Å². The van der Waals surface area contributed by atoms with E-state index in [-0.39, 0.29) is 22.1 Å². The van der Waals surface area contributed by atoms with Crippen LogP contribution in [0.1, 0.15) is 68.7 Å². The fourth-order valence-electron chi connectivity index (χ4n) is 3.03. The van der Waals surface area contributed by atoms with Gasteiger partial charge in [-0.25, -0.2) is 5.84 Å². The third-order valence-corrected chi connectivity index (χ3v) is 5.11. The molecule has 0 aliphatic rings. The molecule has 0 aliphatic heterocycles. The molecule has 0 aliphatic carbocycles. The molecule has 0 unspecified atom stereocenters. The number of carbonyl (C=O) groups is 2. The van der Waals surface area contributed by atoms with Crippen LogP contribution in [0.2, 0.25) is 0 Å². The van der Waals surface area contributed by atoms with Crippen LogP contribution in [0.3, 0.4) is 0 Å². The lowest BCUT2D eigenvalue weighted by molar-refractivity contribution is -0.117. The fraction of sp³-hybridized carbons (Fsp3) is 0.385. The summed E-state index contributed by atoms with van der Waals surface area (Å²) < 4.78 is 0. The molecule has 0 spiro atoms. The number of benzene rings is 1. The van der Waals surface area contributed by atoms with Crippen molar-refractivity contribution in [2.24, 2.45) is 17.0 Å². The van der Waals surface area contributed by atoms with E-state index < -0.39 is 11.8 Å². The topological polar surface area (TPSA) is 150 Å². The maximum absolute atomic E-state index is 13.0. The summed E-state index contributed by atoms with van der Waals surface area (Å²) in [7, 11) is 0. The molecule has 0 radical (unpaired) electrons. The van der Waals surface area contributed by atoms with Gasteiger partial charge < -0.3 is 16.4 Å². The van der Waals surface area contributed by atoms with E-state index in [1.165, 1.54) is 17.4 Å². The van der Waals surface area contributed by atoms with E-state index >= 15 is 0 Å². The molecule has 2 rings (SSSR count). The Morgan fingerprint density at radius 2 is 1.80 bits per heavy atom. The van der Waals surface area contributed by atoms with Gasteiger partial charge in [0.05, 0.1) is 34.8 Å². The molecular weight excluding hydrogens is 442 g/mol. The highest BCUT2D eigenvalue weighted by Crippen LogP contribution is 2.27. The fourth-order valence-corrected chi connectivity index (χ4v) is 3.03. The van der Waals surface area contributed by atoms with Crippen molar-refractivity contribution >= 4 is 23.2 Å². The molecule has 1 aromatic carbocycles. The first-order chi connectivity index (χ1) is 16.1. The molecule has 6 N–H and O–H groups in total. The van der Waals surface area contributed by atoms with Crippen molar-refractivity contribution in [2.45, 2.75) is 53.9 Å². The molecule has 35 heavy (non-hydrogen) atoms. The van der Waals surface area contributed by atoms with E-state index in [1.807, 2.05) is 53.7 Å². The largest absolute Gasteiger partial charge is 0.393 e. The first-order valence-electron chi connectivity index (χ1n) is 11.2. The van der Waals surface area contributed by atoms with Crippen molar-refractivity contribution in [3.63, 3.8) is 0 Å². The number of hydrogen-bond acceptors (Lipinski definition) is 7. The number of carbonyl (C=O) groups excluding carboxylic acids is 2. The lowest BCUT2D eigenvalue weighted by Crippen LogP contribution is -2.37. The molecule has 2 aromatic rings. The number of anilines is 2.